The molecular formula is C20H27FN2O3. The monoisotopic (exact) mass is 362 g/mol. The fourth-order valence-electron chi connectivity index (χ4n) is 4.09. The minimum Gasteiger partial charge on any atom is -0.444 e. The van der Waals surface area contributed by atoms with Crippen LogP contribution < -0.4 is 5.32 Å². The smallest absolute Gasteiger partial charge is 0.410 e. The molecule has 142 valence electrons. The van der Waals surface area contributed by atoms with E-state index in [1.807, 2.05) is 20.8 Å². The van der Waals surface area contributed by atoms with Crippen molar-refractivity contribution in [1.29, 1.82) is 0 Å². The van der Waals surface area contributed by atoms with Crippen LogP contribution in [0.3, 0.4) is 0 Å². The summed E-state index contributed by atoms with van der Waals surface area (Å²) in [6.07, 6.45) is 1.62. The molecule has 5 nitrogen and oxygen atoms in total. The van der Waals surface area contributed by atoms with Crippen molar-refractivity contribution in [3.05, 3.63) is 35.6 Å². The maximum Gasteiger partial charge on any atom is 0.410 e. The van der Waals surface area contributed by atoms with Crippen LogP contribution in [-0.2, 0) is 9.53 Å². The maximum absolute atomic E-state index is 13.3. The topological polar surface area (TPSA) is 58.6 Å². The zero-order valence-corrected chi connectivity index (χ0v) is 15.7. The minimum absolute atomic E-state index is 0.0501. The number of piperidine rings is 2. The number of rotatable bonds is 1. The Bertz CT molecular complexity index is 673. The van der Waals surface area contributed by atoms with Gasteiger partial charge in [-0.25, -0.2) is 9.18 Å². The van der Waals surface area contributed by atoms with Crippen molar-refractivity contribution in [2.24, 2.45) is 5.41 Å². The maximum atomic E-state index is 13.3. The van der Waals surface area contributed by atoms with E-state index >= 15 is 0 Å². The third kappa shape index (κ3) is 4.00. The first kappa shape index (κ1) is 18.7. The molecular weight excluding hydrogens is 335 g/mol. The fourth-order valence-corrected chi connectivity index (χ4v) is 4.09. The standard InChI is InChI=1S/C20H27FN2O3/c1-19(2,3)26-18(25)23-10-8-20(9-11-23)12-17(24)22-13-16(20)14-4-6-15(21)7-5-14/h4-7,16H,8-13H2,1-3H3,(H,22,24)/t16-/m0/s1. The predicted molar refractivity (Wildman–Crippen MR) is 96.2 cm³/mol. The van der Waals surface area contributed by atoms with Crippen LogP contribution in [0.15, 0.2) is 24.3 Å². The lowest BCUT2D eigenvalue weighted by atomic mass is 9.62. The number of nitrogens with one attached hydrogen (secondary N) is 1. The van der Waals surface area contributed by atoms with Crippen LogP contribution in [0.2, 0.25) is 0 Å². The molecule has 1 spiro atoms. The molecule has 3 rings (SSSR count). The number of carbonyl (C=O) groups excluding carboxylic acids is 2. The summed E-state index contributed by atoms with van der Waals surface area (Å²) >= 11 is 0. The number of ether oxygens (including phenoxy) is 1. The first-order valence-corrected chi connectivity index (χ1v) is 9.19. The molecule has 0 aliphatic carbocycles. The van der Waals surface area contributed by atoms with E-state index in [2.05, 4.69) is 5.32 Å². The molecule has 2 heterocycles. The number of nitrogens with zero attached hydrogens (tertiary/aromatic N) is 1. The van der Waals surface area contributed by atoms with Crippen LogP contribution in [0.4, 0.5) is 9.18 Å². The van der Waals surface area contributed by atoms with Gasteiger partial charge in [-0.05, 0) is 56.7 Å². The highest BCUT2D eigenvalue weighted by molar-refractivity contribution is 5.78. The van der Waals surface area contributed by atoms with E-state index in [1.54, 1.807) is 17.0 Å². The van der Waals surface area contributed by atoms with Crippen molar-refractivity contribution in [1.82, 2.24) is 10.2 Å². The summed E-state index contributed by atoms with van der Waals surface area (Å²) in [5.74, 6) is -0.0851. The second-order valence-electron chi connectivity index (χ2n) is 8.41. The molecule has 1 aromatic rings. The Morgan fingerprint density at radius 3 is 2.42 bits per heavy atom. The molecule has 1 N–H and O–H groups in total. The van der Waals surface area contributed by atoms with Crippen molar-refractivity contribution in [3.63, 3.8) is 0 Å². The number of carbonyl (C=O) groups is 2. The molecule has 2 aliphatic rings. The van der Waals surface area contributed by atoms with Crippen molar-refractivity contribution >= 4 is 12.0 Å². The average Bonchev–Trinajstić information content (AvgIpc) is 2.55. The molecule has 26 heavy (non-hydrogen) atoms. The summed E-state index contributed by atoms with van der Waals surface area (Å²) in [5, 5.41) is 2.94. The number of likely N-dealkylation sites (tertiary alicyclic amines) is 1. The first-order valence-electron chi connectivity index (χ1n) is 9.19. The number of hydrogen-bond donors (Lipinski definition) is 1. The lowest BCUT2D eigenvalue weighted by Crippen LogP contribution is -2.53. The molecule has 1 aromatic carbocycles. The lowest BCUT2D eigenvalue weighted by Gasteiger charge is -2.49. The van der Waals surface area contributed by atoms with Gasteiger partial charge in [0.05, 0.1) is 0 Å². The molecule has 2 aliphatic heterocycles. The molecule has 2 amide bonds. The predicted octanol–water partition coefficient (Wildman–Crippen LogP) is 3.45. The van der Waals surface area contributed by atoms with Gasteiger partial charge in [-0.3, -0.25) is 4.79 Å². The molecule has 0 bridgehead atoms. The van der Waals surface area contributed by atoms with Crippen molar-refractivity contribution in [2.75, 3.05) is 19.6 Å². The largest absolute Gasteiger partial charge is 0.444 e. The van der Waals surface area contributed by atoms with Gasteiger partial charge in [0.25, 0.3) is 0 Å². The highest BCUT2D eigenvalue weighted by atomic mass is 19.1. The summed E-state index contributed by atoms with van der Waals surface area (Å²) in [7, 11) is 0. The van der Waals surface area contributed by atoms with Gasteiger partial charge in [0.15, 0.2) is 0 Å². The fraction of sp³-hybridized carbons (Fsp3) is 0.600. The summed E-state index contributed by atoms with van der Waals surface area (Å²) in [6.45, 7) is 7.25. The van der Waals surface area contributed by atoms with E-state index in [9.17, 15) is 14.0 Å². The van der Waals surface area contributed by atoms with E-state index in [-0.39, 0.29) is 29.2 Å². The van der Waals surface area contributed by atoms with Crippen molar-refractivity contribution < 1.29 is 18.7 Å². The normalized spacial score (nSPS) is 22.8. The second-order valence-corrected chi connectivity index (χ2v) is 8.41. The number of halogens is 1. The molecule has 0 unspecified atom stereocenters. The Kier molecular flexibility index (Phi) is 4.95. The summed E-state index contributed by atoms with van der Waals surface area (Å²) in [5.41, 5.74) is 0.323. The quantitative estimate of drug-likeness (QED) is 0.832. The Labute approximate surface area is 153 Å². The first-order chi connectivity index (χ1) is 12.2. The Morgan fingerprint density at radius 2 is 1.85 bits per heavy atom. The van der Waals surface area contributed by atoms with Gasteiger partial charge in [-0.2, -0.15) is 0 Å². The van der Waals surface area contributed by atoms with Gasteiger partial charge >= 0.3 is 6.09 Å². The zero-order valence-electron chi connectivity index (χ0n) is 15.7. The second kappa shape index (κ2) is 6.89. The molecule has 0 aromatic heterocycles. The number of benzene rings is 1. The molecule has 6 heteroatoms. The van der Waals surface area contributed by atoms with E-state index < -0.39 is 5.60 Å². The minimum atomic E-state index is -0.520. The van der Waals surface area contributed by atoms with Gasteiger partial charge in [0, 0.05) is 32.0 Å². The van der Waals surface area contributed by atoms with Crippen LogP contribution >= 0.6 is 0 Å². The Balaban J connectivity index is 1.75. The Hall–Kier alpha value is -2.11. The van der Waals surface area contributed by atoms with Crippen LogP contribution in [0.5, 0.6) is 0 Å². The summed E-state index contributed by atoms with van der Waals surface area (Å²) < 4.78 is 18.8. The third-order valence-corrected chi connectivity index (χ3v) is 5.44. The van der Waals surface area contributed by atoms with Gasteiger partial charge in [-0.15, -0.1) is 0 Å². The van der Waals surface area contributed by atoms with E-state index in [4.69, 9.17) is 4.74 Å². The zero-order chi connectivity index (χ0) is 18.9. The molecule has 2 saturated heterocycles. The van der Waals surface area contributed by atoms with Gasteiger partial charge in [-0.1, -0.05) is 12.1 Å². The third-order valence-electron chi connectivity index (χ3n) is 5.44. The van der Waals surface area contributed by atoms with Gasteiger partial charge in [0.1, 0.15) is 11.4 Å². The number of amides is 2. The van der Waals surface area contributed by atoms with E-state index in [0.717, 1.165) is 18.4 Å². The van der Waals surface area contributed by atoms with Crippen LogP contribution in [0.25, 0.3) is 0 Å². The molecule has 2 fully saturated rings. The number of hydrogen-bond acceptors (Lipinski definition) is 3. The molecule has 1 atom stereocenters. The van der Waals surface area contributed by atoms with Crippen LogP contribution in [-0.4, -0.2) is 42.1 Å². The van der Waals surface area contributed by atoms with Gasteiger partial charge in [0.2, 0.25) is 5.91 Å². The lowest BCUT2D eigenvalue weighted by molar-refractivity contribution is -0.128. The van der Waals surface area contributed by atoms with E-state index in [0.29, 0.717) is 26.1 Å². The van der Waals surface area contributed by atoms with Crippen molar-refractivity contribution in [3.8, 4) is 0 Å². The molecule has 0 saturated carbocycles. The van der Waals surface area contributed by atoms with E-state index in [1.165, 1.54) is 12.1 Å². The van der Waals surface area contributed by atoms with Crippen LogP contribution in [0.1, 0.15) is 51.5 Å². The summed E-state index contributed by atoms with van der Waals surface area (Å²) in [4.78, 5) is 26.1. The van der Waals surface area contributed by atoms with Gasteiger partial charge < -0.3 is 15.0 Å². The molecule has 0 radical (unpaired) electrons. The average molecular weight is 362 g/mol. The highest BCUT2D eigenvalue weighted by Crippen LogP contribution is 2.48. The Morgan fingerprint density at radius 1 is 1.23 bits per heavy atom. The van der Waals surface area contributed by atoms with Crippen LogP contribution in [0, 0.1) is 11.2 Å². The highest BCUT2D eigenvalue weighted by Gasteiger charge is 2.47. The SMILES string of the molecule is CC(C)(C)OC(=O)N1CCC2(CC1)CC(=O)NC[C@H]2c1ccc(F)cc1. The summed E-state index contributed by atoms with van der Waals surface area (Å²) in [6, 6.07) is 6.55. The van der Waals surface area contributed by atoms with Crippen molar-refractivity contribution in [2.45, 2.75) is 51.6 Å².